The lowest BCUT2D eigenvalue weighted by molar-refractivity contribution is -0.125. The van der Waals surface area contributed by atoms with E-state index in [1.54, 1.807) is 6.26 Å². The molecule has 116 valence electrons. The molecule has 0 aliphatic carbocycles. The number of hydrogen-bond donors (Lipinski definition) is 2. The molecule has 0 spiro atoms. The van der Waals surface area contributed by atoms with Gasteiger partial charge in [-0.25, -0.2) is 0 Å². The van der Waals surface area contributed by atoms with Crippen molar-refractivity contribution in [1.29, 1.82) is 0 Å². The number of ether oxygens (including phenoxy) is 1. The molecule has 1 aromatic carbocycles. The Labute approximate surface area is 128 Å². The summed E-state index contributed by atoms with van der Waals surface area (Å²) in [7, 11) is 0. The fourth-order valence-electron chi connectivity index (χ4n) is 2.51. The van der Waals surface area contributed by atoms with E-state index < -0.39 is 6.10 Å². The SMILES string of the molecule is O=C(NCC(O)c1ccc(-c2ccco2)cc1)C1CCOC1. The molecule has 2 N–H and O–H groups in total. The normalized spacial score (nSPS) is 19.0. The van der Waals surface area contributed by atoms with Crippen LogP contribution in [0.15, 0.2) is 47.1 Å². The van der Waals surface area contributed by atoms with E-state index in [4.69, 9.17) is 9.15 Å². The number of nitrogens with one attached hydrogen (secondary N) is 1. The molecule has 0 saturated carbocycles. The molecule has 1 fully saturated rings. The Hall–Kier alpha value is -2.11. The van der Waals surface area contributed by atoms with Crippen molar-refractivity contribution in [2.45, 2.75) is 12.5 Å². The number of rotatable bonds is 5. The Bertz CT molecular complexity index is 600. The van der Waals surface area contributed by atoms with Crippen LogP contribution < -0.4 is 5.32 Å². The van der Waals surface area contributed by atoms with Gasteiger partial charge in [0, 0.05) is 18.7 Å². The largest absolute Gasteiger partial charge is 0.464 e. The molecule has 2 unspecified atom stereocenters. The molecule has 22 heavy (non-hydrogen) atoms. The molecule has 2 heterocycles. The van der Waals surface area contributed by atoms with E-state index in [1.165, 1.54) is 0 Å². The highest BCUT2D eigenvalue weighted by Crippen LogP contribution is 2.22. The van der Waals surface area contributed by atoms with Gasteiger partial charge in [-0.2, -0.15) is 0 Å². The van der Waals surface area contributed by atoms with Crippen molar-refractivity contribution in [2.75, 3.05) is 19.8 Å². The maximum Gasteiger partial charge on any atom is 0.225 e. The summed E-state index contributed by atoms with van der Waals surface area (Å²) in [6, 6.07) is 11.2. The number of benzene rings is 1. The topological polar surface area (TPSA) is 71.7 Å². The Morgan fingerprint density at radius 3 is 2.77 bits per heavy atom. The third-order valence-electron chi connectivity index (χ3n) is 3.87. The zero-order valence-corrected chi connectivity index (χ0v) is 12.2. The summed E-state index contributed by atoms with van der Waals surface area (Å²) in [4.78, 5) is 11.9. The van der Waals surface area contributed by atoms with Crippen LogP contribution >= 0.6 is 0 Å². The van der Waals surface area contributed by atoms with Crippen LogP contribution in [0.4, 0.5) is 0 Å². The maximum absolute atomic E-state index is 11.9. The number of aliphatic hydroxyl groups excluding tert-OH is 1. The molecule has 2 atom stereocenters. The first-order chi connectivity index (χ1) is 10.7. The van der Waals surface area contributed by atoms with E-state index in [-0.39, 0.29) is 18.4 Å². The summed E-state index contributed by atoms with van der Waals surface area (Å²) in [6.45, 7) is 1.31. The Morgan fingerprint density at radius 2 is 2.14 bits per heavy atom. The lowest BCUT2D eigenvalue weighted by Crippen LogP contribution is -2.34. The van der Waals surface area contributed by atoms with Crippen LogP contribution in [0.1, 0.15) is 18.1 Å². The van der Waals surface area contributed by atoms with Crippen molar-refractivity contribution in [3.63, 3.8) is 0 Å². The van der Waals surface area contributed by atoms with Crippen molar-refractivity contribution < 1.29 is 19.1 Å². The second-order valence-electron chi connectivity index (χ2n) is 5.42. The number of amides is 1. The van der Waals surface area contributed by atoms with Gasteiger partial charge in [-0.1, -0.05) is 24.3 Å². The van der Waals surface area contributed by atoms with Gasteiger partial charge in [0.25, 0.3) is 0 Å². The molecular formula is C17H19NO4. The lowest BCUT2D eigenvalue weighted by Gasteiger charge is -2.14. The minimum absolute atomic E-state index is 0.0521. The molecule has 1 saturated heterocycles. The highest BCUT2D eigenvalue weighted by Gasteiger charge is 2.23. The van der Waals surface area contributed by atoms with Gasteiger partial charge in [-0.3, -0.25) is 4.79 Å². The molecule has 5 heteroatoms. The standard InChI is InChI=1S/C17H19NO4/c19-15(10-18-17(20)14-7-9-21-11-14)12-3-5-13(6-4-12)16-2-1-8-22-16/h1-6,8,14-15,19H,7,9-11H2,(H,18,20). The van der Waals surface area contributed by atoms with Gasteiger partial charge in [0.05, 0.1) is 24.9 Å². The average molecular weight is 301 g/mol. The molecule has 1 aromatic heterocycles. The van der Waals surface area contributed by atoms with Crippen LogP contribution in [-0.2, 0) is 9.53 Å². The quantitative estimate of drug-likeness (QED) is 0.887. The number of aliphatic hydroxyl groups is 1. The van der Waals surface area contributed by atoms with Gasteiger partial charge in [-0.15, -0.1) is 0 Å². The second-order valence-corrected chi connectivity index (χ2v) is 5.42. The smallest absolute Gasteiger partial charge is 0.225 e. The van der Waals surface area contributed by atoms with Crippen molar-refractivity contribution in [2.24, 2.45) is 5.92 Å². The minimum Gasteiger partial charge on any atom is -0.464 e. The van der Waals surface area contributed by atoms with E-state index in [2.05, 4.69) is 5.32 Å². The van der Waals surface area contributed by atoms with Gasteiger partial charge in [0.2, 0.25) is 5.91 Å². The van der Waals surface area contributed by atoms with E-state index in [9.17, 15) is 9.90 Å². The first-order valence-corrected chi connectivity index (χ1v) is 7.41. The summed E-state index contributed by atoms with van der Waals surface area (Å²) in [6.07, 6.45) is 1.65. The van der Waals surface area contributed by atoms with Gasteiger partial charge in [0.1, 0.15) is 5.76 Å². The van der Waals surface area contributed by atoms with E-state index in [1.807, 2.05) is 36.4 Å². The summed E-state index contributed by atoms with van der Waals surface area (Å²) >= 11 is 0. The van der Waals surface area contributed by atoms with E-state index >= 15 is 0 Å². The summed E-state index contributed by atoms with van der Waals surface area (Å²) in [5.74, 6) is 0.646. The number of furan rings is 1. The zero-order chi connectivity index (χ0) is 15.4. The number of hydrogen-bond acceptors (Lipinski definition) is 4. The van der Waals surface area contributed by atoms with Gasteiger partial charge < -0.3 is 19.6 Å². The summed E-state index contributed by atoms with van der Waals surface area (Å²) in [5.41, 5.74) is 1.71. The Balaban J connectivity index is 1.55. The first kappa shape index (κ1) is 14.8. The molecule has 1 amide bonds. The van der Waals surface area contributed by atoms with Gasteiger partial charge in [-0.05, 0) is 24.1 Å². The van der Waals surface area contributed by atoms with Crippen LogP contribution in [0.25, 0.3) is 11.3 Å². The van der Waals surface area contributed by atoms with Gasteiger partial charge in [0.15, 0.2) is 0 Å². The second kappa shape index (κ2) is 6.77. The van der Waals surface area contributed by atoms with Crippen LogP contribution in [-0.4, -0.2) is 30.8 Å². The van der Waals surface area contributed by atoms with Crippen LogP contribution in [0.2, 0.25) is 0 Å². The molecular weight excluding hydrogens is 282 g/mol. The molecule has 1 aliphatic heterocycles. The highest BCUT2D eigenvalue weighted by molar-refractivity contribution is 5.79. The third-order valence-corrected chi connectivity index (χ3v) is 3.87. The molecule has 3 rings (SSSR count). The number of carbonyl (C=O) groups excluding carboxylic acids is 1. The predicted molar refractivity (Wildman–Crippen MR) is 81.0 cm³/mol. The van der Waals surface area contributed by atoms with Crippen molar-refractivity contribution in [3.05, 3.63) is 48.2 Å². The number of carbonyl (C=O) groups is 1. The predicted octanol–water partition coefficient (Wildman–Crippen LogP) is 2.13. The third kappa shape index (κ3) is 3.37. The average Bonchev–Trinajstić information content (AvgIpc) is 3.25. The minimum atomic E-state index is -0.725. The first-order valence-electron chi connectivity index (χ1n) is 7.41. The maximum atomic E-state index is 11.9. The van der Waals surface area contributed by atoms with Crippen LogP contribution in [0.3, 0.4) is 0 Å². The van der Waals surface area contributed by atoms with Crippen molar-refractivity contribution >= 4 is 5.91 Å². The van der Waals surface area contributed by atoms with E-state index in [0.717, 1.165) is 23.3 Å². The van der Waals surface area contributed by atoms with E-state index in [0.29, 0.717) is 13.2 Å². The van der Waals surface area contributed by atoms with Crippen molar-refractivity contribution in [3.8, 4) is 11.3 Å². The Kier molecular flexibility index (Phi) is 4.56. The summed E-state index contributed by atoms with van der Waals surface area (Å²) < 4.78 is 10.5. The fraction of sp³-hybridized carbons (Fsp3) is 0.353. The van der Waals surface area contributed by atoms with Crippen LogP contribution in [0.5, 0.6) is 0 Å². The molecule has 2 aromatic rings. The Morgan fingerprint density at radius 1 is 1.32 bits per heavy atom. The molecule has 0 bridgehead atoms. The molecule has 5 nitrogen and oxygen atoms in total. The fourth-order valence-corrected chi connectivity index (χ4v) is 2.51. The lowest BCUT2D eigenvalue weighted by atomic mass is 10.0. The molecule has 0 radical (unpaired) electrons. The van der Waals surface area contributed by atoms with Gasteiger partial charge >= 0.3 is 0 Å². The zero-order valence-electron chi connectivity index (χ0n) is 12.2. The van der Waals surface area contributed by atoms with Crippen molar-refractivity contribution in [1.82, 2.24) is 5.32 Å². The highest BCUT2D eigenvalue weighted by atomic mass is 16.5. The molecule has 1 aliphatic rings. The summed E-state index contributed by atoms with van der Waals surface area (Å²) in [5, 5.41) is 12.9. The monoisotopic (exact) mass is 301 g/mol. The van der Waals surface area contributed by atoms with Crippen LogP contribution in [0, 0.1) is 5.92 Å².